The molecule has 0 aromatic carbocycles. The van der Waals surface area contributed by atoms with Crippen molar-refractivity contribution in [3.8, 4) is 0 Å². The van der Waals surface area contributed by atoms with Crippen LogP contribution in [0.15, 0.2) is 12.3 Å². The van der Waals surface area contributed by atoms with Gasteiger partial charge >= 0.3 is 0 Å². The molecule has 3 amide bonds. The third kappa shape index (κ3) is 6.37. The van der Waals surface area contributed by atoms with Crippen molar-refractivity contribution in [3.63, 3.8) is 0 Å². The van der Waals surface area contributed by atoms with Crippen molar-refractivity contribution in [3.05, 3.63) is 12.3 Å². The first-order valence-corrected chi connectivity index (χ1v) is 18.2. The molecular weight excluding hydrogens is 556 g/mol. The minimum atomic E-state index is -0.569. The molecule has 0 bridgehead atoms. The van der Waals surface area contributed by atoms with Crippen molar-refractivity contribution in [1.29, 1.82) is 0 Å². The van der Waals surface area contributed by atoms with Crippen molar-refractivity contribution in [1.82, 2.24) is 15.5 Å². The lowest BCUT2D eigenvalue weighted by Crippen LogP contribution is -2.58. The number of nitrogens with one attached hydrogen (secondary N) is 2. The fourth-order valence-electron chi connectivity index (χ4n) is 9.30. The van der Waals surface area contributed by atoms with Gasteiger partial charge in [-0.3, -0.25) is 14.4 Å². The summed E-state index contributed by atoms with van der Waals surface area (Å²) in [6, 6.07) is -1.39. The SMILES string of the molecule is C=C(C(NC(=O)C(NC(=O)CC(C)CCSCC)C1CCCCC1)C(C)(C)C)N1CC2(CC1C(N)=O)C(C)(C)C21CCC1. The van der Waals surface area contributed by atoms with Gasteiger partial charge in [-0.2, -0.15) is 11.8 Å². The van der Waals surface area contributed by atoms with E-state index < -0.39 is 18.1 Å². The van der Waals surface area contributed by atoms with Crippen LogP contribution in [0.3, 0.4) is 0 Å². The Morgan fingerprint density at radius 2 is 1.70 bits per heavy atom. The van der Waals surface area contributed by atoms with Crippen LogP contribution in [0.5, 0.6) is 0 Å². The number of nitrogens with two attached hydrogens (primary N) is 1. The highest BCUT2D eigenvalue weighted by Crippen LogP contribution is 2.88. The molecule has 4 fully saturated rings. The number of likely N-dealkylation sites (tertiary alicyclic amines) is 1. The molecule has 0 aromatic heterocycles. The Hall–Kier alpha value is -1.70. The quantitative estimate of drug-likeness (QED) is 0.220. The fourth-order valence-corrected chi connectivity index (χ4v) is 10.2. The Bertz CT molecular complexity index is 1060. The maximum Gasteiger partial charge on any atom is 0.243 e. The normalized spacial score (nSPS) is 28.2. The number of nitrogens with zero attached hydrogens (tertiary/aromatic N) is 1. The van der Waals surface area contributed by atoms with Crippen LogP contribution < -0.4 is 16.4 Å². The predicted octanol–water partition coefficient (Wildman–Crippen LogP) is 6.02. The standard InChI is InChI=1S/C35H60N4O3S/c1-9-43-19-16-23(2)20-27(40)37-28(25-14-11-10-12-15-25)31(42)38-29(32(4,5)6)24(3)39-22-35(21-26(39)30(36)41)33(7,8)34(35)17-13-18-34/h23,25-26,28-29H,3,9-22H2,1-2,4-8H3,(H2,36,41)(H,37,40)(H,38,42). The van der Waals surface area contributed by atoms with Crippen molar-refractivity contribution >= 4 is 29.5 Å². The van der Waals surface area contributed by atoms with E-state index in [2.05, 4.69) is 70.6 Å². The highest BCUT2D eigenvalue weighted by molar-refractivity contribution is 7.99. The lowest BCUT2D eigenvalue weighted by Gasteiger charge is -2.40. The van der Waals surface area contributed by atoms with Crippen molar-refractivity contribution in [2.45, 2.75) is 137 Å². The summed E-state index contributed by atoms with van der Waals surface area (Å²) >= 11 is 1.90. The molecule has 1 aliphatic heterocycles. The molecule has 7 nitrogen and oxygen atoms in total. The molecule has 1 heterocycles. The van der Waals surface area contributed by atoms with Gasteiger partial charge in [0.2, 0.25) is 17.7 Å². The number of hydrogen-bond acceptors (Lipinski definition) is 5. The second-order valence-corrected chi connectivity index (χ2v) is 17.3. The number of carbonyl (C=O) groups excluding carboxylic acids is 3. The summed E-state index contributed by atoms with van der Waals surface area (Å²) in [5.41, 5.74) is 6.94. The number of fused-ring (bicyclic) bond motifs is 1. The van der Waals surface area contributed by atoms with E-state index in [0.29, 0.717) is 6.42 Å². The number of carbonyl (C=O) groups is 3. The van der Waals surface area contributed by atoms with Gasteiger partial charge in [-0.15, -0.1) is 0 Å². The van der Waals surface area contributed by atoms with E-state index in [0.717, 1.165) is 62.3 Å². The van der Waals surface area contributed by atoms with Crippen LogP contribution >= 0.6 is 11.8 Å². The highest BCUT2D eigenvalue weighted by atomic mass is 32.2. The zero-order valence-corrected chi connectivity index (χ0v) is 29.0. The van der Waals surface area contributed by atoms with E-state index in [9.17, 15) is 14.4 Å². The van der Waals surface area contributed by atoms with E-state index in [-0.39, 0.29) is 51.2 Å². The average molecular weight is 617 g/mol. The molecule has 5 unspecified atom stereocenters. The van der Waals surface area contributed by atoms with Gasteiger partial charge in [-0.25, -0.2) is 0 Å². The molecule has 3 saturated carbocycles. The maximum atomic E-state index is 14.2. The molecule has 5 atom stereocenters. The molecule has 2 spiro atoms. The third-order valence-corrected chi connectivity index (χ3v) is 13.1. The van der Waals surface area contributed by atoms with Gasteiger partial charge in [0.1, 0.15) is 12.1 Å². The van der Waals surface area contributed by atoms with Gasteiger partial charge in [0.05, 0.1) is 6.04 Å². The first-order valence-electron chi connectivity index (χ1n) is 17.0. The van der Waals surface area contributed by atoms with Crippen LogP contribution in [-0.4, -0.2) is 58.8 Å². The Kier molecular flexibility index (Phi) is 10.3. The van der Waals surface area contributed by atoms with E-state index in [1.54, 1.807) is 0 Å². The number of amides is 3. The van der Waals surface area contributed by atoms with Crippen LogP contribution in [0.1, 0.15) is 119 Å². The van der Waals surface area contributed by atoms with Gasteiger partial charge in [0.25, 0.3) is 0 Å². The molecule has 1 saturated heterocycles. The Balaban J connectivity index is 1.52. The second kappa shape index (κ2) is 13.0. The Morgan fingerprint density at radius 3 is 2.21 bits per heavy atom. The predicted molar refractivity (Wildman–Crippen MR) is 177 cm³/mol. The molecule has 4 aliphatic rings. The lowest BCUT2D eigenvalue weighted by molar-refractivity contribution is -0.132. The zero-order valence-electron chi connectivity index (χ0n) is 28.2. The summed E-state index contributed by atoms with van der Waals surface area (Å²) < 4.78 is 0. The van der Waals surface area contributed by atoms with Gasteiger partial charge in [0, 0.05) is 24.1 Å². The molecule has 3 aliphatic carbocycles. The van der Waals surface area contributed by atoms with Crippen LogP contribution in [0.2, 0.25) is 0 Å². The monoisotopic (exact) mass is 616 g/mol. The Morgan fingerprint density at radius 1 is 1.05 bits per heavy atom. The number of thioether (sulfide) groups is 1. The van der Waals surface area contributed by atoms with Crippen LogP contribution in [0.4, 0.5) is 0 Å². The largest absolute Gasteiger partial charge is 0.368 e. The fraction of sp³-hybridized carbons (Fsp3) is 0.857. The van der Waals surface area contributed by atoms with Gasteiger partial charge in [0.15, 0.2) is 0 Å². The number of rotatable bonds is 13. The molecule has 4 N–H and O–H groups in total. The van der Waals surface area contributed by atoms with Crippen LogP contribution in [0.25, 0.3) is 0 Å². The topological polar surface area (TPSA) is 105 Å². The summed E-state index contributed by atoms with van der Waals surface area (Å²) in [6.07, 6.45) is 11.1. The molecule has 244 valence electrons. The van der Waals surface area contributed by atoms with Gasteiger partial charge in [-0.05, 0) is 78.1 Å². The summed E-state index contributed by atoms with van der Waals surface area (Å²) in [4.78, 5) is 42.4. The summed E-state index contributed by atoms with van der Waals surface area (Å²) in [6.45, 7) is 20.6. The second-order valence-electron chi connectivity index (χ2n) is 15.9. The first-order chi connectivity index (χ1) is 20.1. The summed E-state index contributed by atoms with van der Waals surface area (Å²) in [5.74, 6) is 2.04. The minimum absolute atomic E-state index is 0.0390. The van der Waals surface area contributed by atoms with Crippen LogP contribution in [-0.2, 0) is 14.4 Å². The van der Waals surface area contributed by atoms with Crippen LogP contribution in [0, 0.1) is 33.5 Å². The molecule has 8 heteroatoms. The molecule has 43 heavy (non-hydrogen) atoms. The zero-order chi connectivity index (χ0) is 31.8. The van der Waals surface area contributed by atoms with E-state index in [1.165, 1.54) is 25.7 Å². The van der Waals surface area contributed by atoms with Gasteiger partial charge < -0.3 is 21.3 Å². The van der Waals surface area contributed by atoms with Gasteiger partial charge in [-0.1, -0.05) is 80.7 Å². The molecule has 0 aromatic rings. The summed E-state index contributed by atoms with van der Waals surface area (Å²) in [5, 5.41) is 6.54. The van der Waals surface area contributed by atoms with Crippen molar-refractivity contribution < 1.29 is 14.4 Å². The molecule has 4 rings (SSSR count). The maximum absolute atomic E-state index is 14.2. The molecule has 0 radical (unpaired) electrons. The minimum Gasteiger partial charge on any atom is -0.368 e. The lowest BCUT2D eigenvalue weighted by atomic mass is 9.73. The smallest absolute Gasteiger partial charge is 0.243 e. The highest BCUT2D eigenvalue weighted by Gasteiger charge is 2.85. The first kappa shape index (κ1) is 34.2. The average Bonchev–Trinajstić information content (AvgIpc) is 3.14. The number of primary amides is 1. The van der Waals surface area contributed by atoms with E-state index >= 15 is 0 Å². The Labute approximate surface area is 265 Å². The summed E-state index contributed by atoms with van der Waals surface area (Å²) in [7, 11) is 0. The van der Waals surface area contributed by atoms with Crippen molar-refractivity contribution in [2.75, 3.05) is 18.1 Å². The van der Waals surface area contributed by atoms with E-state index in [1.807, 2.05) is 11.8 Å². The molecular formula is C35H60N4O3S. The van der Waals surface area contributed by atoms with Crippen molar-refractivity contribution in [2.24, 2.45) is 39.2 Å². The van der Waals surface area contributed by atoms with E-state index in [4.69, 9.17) is 5.73 Å². The number of hydrogen-bond donors (Lipinski definition) is 3. The third-order valence-electron chi connectivity index (χ3n) is 12.2.